The Labute approximate surface area is 97.1 Å². The molecule has 3 N–H and O–H groups in total. The maximum Gasteiger partial charge on any atom is 0.117 e. The predicted octanol–water partition coefficient (Wildman–Crippen LogP) is 1.58. The lowest BCUT2D eigenvalue weighted by Crippen LogP contribution is -2.14. The minimum absolute atomic E-state index is 0.397. The Bertz CT molecular complexity index is 419. The summed E-state index contributed by atoms with van der Waals surface area (Å²) in [5.74, 6) is 0. The van der Waals surface area contributed by atoms with Crippen molar-refractivity contribution in [2.75, 3.05) is 0 Å². The van der Waals surface area contributed by atoms with E-state index in [2.05, 4.69) is 4.99 Å². The molecule has 1 aromatic carbocycles. The summed E-state index contributed by atoms with van der Waals surface area (Å²) >= 11 is 0. The molecular weight excluding hydrogens is 199 g/mol. The number of nitrogens with zero attached hydrogens (tertiary/aromatic N) is 1. The summed E-state index contributed by atoms with van der Waals surface area (Å²) < 4.78 is 0. The van der Waals surface area contributed by atoms with E-state index in [4.69, 9.17) is 13.6 Å². The summed E-state index contributed by atoms with van der Waals surface area (Å²) in [5, 5.41) is 9.83. The molecule has 0 amide bonds. The summed E-state index contributed by atoms with van der Waals surface area (Å²) in [6, 6.07) is 7.32. The van der Waals surface area contributed by atoms with E-state index in [0.717, 1.165) is 11.3 Å². The van der Waals surface area contributed by atoms with Gasteiger partial charge in [-0.3, -0.25) is 4.99 Å². The van der Waals surface area contributed by atoms with Crippen molar-refractivity contribution in [3.8, 4) is 0 Å². The first-order chi connectivity index (χ1) is 7.43. The molecule has 0 heterocycles. The molecule has 3 nitrogen and oxygen atoms in total. The van der Waals surface area contributed by atoms with E-state index in [0.29, 0.717) is 5.47 Å². The van der Waals surface area contributed by atoms with Crippen LogP contribution in [0.1, 0.15) is 19.4 Å². The van der Waals surface area contributed by atoms with Crippen LogP contribution in [0.3, 0.4) is 0 Å². The van der Waals surface area contributed by atoms with Gasteiger partial charge in [0.15, 0.2) is 0 Å². The molecule has 4 heteroatoms. The molecule has 0 aliphatic carbocycles. The third-order valence-corrected chi connectivity index (χ3v) is 2.11. The molecule has 0 aliphatic rings. The third-order valence-electron chi connectivity index (χ3n) is 2.11. The highest BCUT2D eigenvalue weighted by atomic mass is 16.3. The van der Waals surface area contributed by atoms with Crippen LogP contribution < -0.4 is 5.73 Å². The first-order valence-electron chi connectivity index (χ1n) is 4.98. The zero-order chi connectivity index (χ0) is 12.2. The number of nitrogens with two attached hydrogens (primary N) is 1. The van der Waals surface area contributed by atoms with Gasteiger partial charge in [-0.2, -0.15) is 0 Å². The minimum Gasteiger partial charge on any atom is -0.405 e. The van der Waals surface area contributed by atoms with Crippen LogP contribution in [0.5, 0.6) is 0 Å². The normalized spacial score (nSPS) is 13.3. The fourth-order valence-electron chi connectivity index (χ4n) is 1.16. The zero-order valence-corrected chi connectivity index (χ0v) is 9.51. The van der Waals surface area contributed by atoms with Crippen LogP contribution in [0.2, 0.25) is 0 Å². The minimum atomic E-state index is -0.874. The van der Waals surface area contributed by atoms with Gasteiger partial charge in [-0.1, -0.05) is 17.6 Å². The quantitative estimate of drug-likeness (QED) is 0.592. The molecule has 0 atom stereocenters. The van der Waals surface area contributed by atoms with Crippen LogP contribution in [-0.4, -0.2) is 19.2 Å². The van der Waals surface area contributed by atoms with Crippen LogP contribution in [0, 0.1) is 0 Å². The largest absolute Gasteiger partial charge is 0.405 e. The number of aliphatic hydroxyl groups is 1. The summed E-state index contributed by atoms with van der Waals surface area (Å²) in [6.45, 7) is 3.45. The lowest BCUT2D eigenvalue weighted by Gasteiger charge is -2.17. The summed E-state index contributed by atoms with van der Waals surface area (Å²) in [5.41, 5.74) is 6.27. The highest BCUT2D eigenvalue weighted by Gasteiger charge is 2.15. The molecule has 1 rings (SSSR count). The molecule has 16 heavy (non-hydrogen) atoms. The molecule has 0 aliphatic heterocycles. The smallest absolute Gasteiger partial charge is 0.117 e. The third kappa shape index (κ3) is 3.55. The number of hydrogen-bond donors (Lipinski definition) is 2. The molecule has 0 unspecified atom stereocenters. The Balaban J connectivity index is 2.96. The van der Waals surface area contributed by atoms with Crippen molar-refractivity contribution in [3.63, 3.8) is 0 Å². The molecule has 0 fully saturated rings. The number of benzene rings is 1. The van der Waals surface area contributed by atoms with Crippen molar-refractivity contribution in [3.05, 3.63) is 41.5 Å². The van der Waals surface area contributed by atoms with E-state index in [9.17, 15) is 5.11 Å². The fourth-order valence-corrected chi connectivity index (χ4v) is 1.16. The second-order valence-corrected chi connectivity index (χ2v) is 4.03. The van der Waals surface area contributed by atoms with Crippen LogP contribution in [-0.2, 0) is 5.60 Å². The summed E-state index contributed by atoms with van der Waals surface area (Å²) in [6.07, 6.45) is 2.76. The Morgan fingerprint density at radius 1 is 1.50 bits per heavy atom. The van der Waals surface area contributed by atoms with Gasteiger partial charge in [0, 0.05) is 6.21 Å². The van der Waals surface area contributed by atoms with Crippen LogP contribution in [0.25, 0.3) is 0 Å². The number of allylic oxidation sites excluding steroid dienone is 1. The van der Waals surface area contributed by atoms with Crippen molar-refractivity contribution >= 4 is 19.7 Å². The van der Waals surface area contributed by atoms with Crippen molar-refractivity contribution in [1.82, 2.24) is 0 Å². The maximum atomic E-state index is 9.83. The van der Waals surface area contributed by atoms with Gasteiger partial charge in [-0.25, -0.2) is 0 Å². The topological polar surface area (TPSA) is 58.6 Å². The fraction of sp³-hybridized carbons (Fsp3) is 0.250. The van der Waals surface area contributed by atoms with Crippen LogP contribution in [0.15, 0.2) is 40.9 Å². The Kier molecular flexibility index (Phi) is 3.90. The molecule has 82 valence electrons. The number of aliphatic imine (C=N–C) groups is 1. The van der Waals surface area contributed by atoms with Crippen LogP contribution in [0.4, 0.5) is 5.69 Å². The van der Waals surface area contributed by atoms with Gasteiger partial charge in [0.2, 0.25) is 0 Å². The zero-order valence-electron chi connectivity index (χ0n) is 9.51. The first kappa shape index (κ1) is 12.5. The Morgan fingerprint density at radius 3 is 2.75 bits per heavy atom. The number of rotatable bonds is 3. The molecule has 2 radical (unpaired) electrons. The standard InChI is InChI=1S/C12H15BN2O/c1-12(2,16)9-4-3-5-11(6-9)15-8-10(13)7-14/h3-8,16H,14H2,1-2H3/b10-7+,15-8?. The lowest BCUT2D eigenvalue weighted by atomic mass is 9.97. The van der Waals surface area contributed by atoms with Gasteiger partial charge < -0.3 is 10.8 Å². The molecule has 0 aromatic heterocycles. The van der Waals surface area contributed by atoms with Gasteiger partial charge in [0.1, 0.15) is 7.85 Å². The molecule has 0 saturated carbocycles. The van der Waals surface area contributed by atoms with E-state index in [1.54, 1.807) is 19.9 Å². The highest BCUT2D eigenvalue weighted by Crippen LogP contribution is 2.23. The monoisotopic (exact) mass is 214 g/mol. The molecular formula is C12H15BN2O. The Morgan fingerprint density at radius 2 is 2.19 bits per heavy atom. The second-order valence-electron chi connectivity index (χ2n) is 4.03. The van der Waals surface area contributed by atoms with Gasteiger partial charge in [0.05, 0.1) is 11.3 Å². The van der Waals surface area contributed by atoms with Gasteiger partial charge in [-0.05, 0) is 37.7 Å². The second kappa shape index (κ2) is 4.99. The molecule has 0 spiro atoms. The van der Waals surface area contributed by atoms with Gasteiger partial charge >= 0.3 is 0 Å². The maximum absolute atomic E-state index is 9.83. The van der Waals surface area contributed by atoms with Gasteiger partial charge in [0.25, 0.3) is 0 Å². The molecule has 0 bridgehead atoms. The van der Waals surface area contributed by atoms with E-state index in [1.807, 2.05) is 18.2 Å². The van der Waals surface area contributed by atoms with Gasteiger partial charge in [-0.15, -0.1) is 0 Å². The first-order valence-corrected chi connectivity index (χ1v) is 4.98. The average Bonchev–Trinajstić information content (AvgIpc) is 2.25. The predicted molar refractivity (Wildman–Crippen MR) is 67.9 cm³/mol. The lowest BCUT2D eigenvalue weighted by molar-refractivity contribution is 0.0786. The van der Waals surface area contributed by atoms with Crippen LogP contribution >= 0.6 is 0 Å². The van der Waals surface area contributed by atoms with E-state index in [-0.39, 0.29) is 0 Å². The highest BCUT2D eigenvalue weighted by molar-refractivity contribution is 6.32. The SMILES string of the molecule is [B]/C(C=Nc1cccc(C(C)(C)O)c1)=C/N. The van der Waals surface area contributed by atoms with Crippen molar-refractivity contribution in [1.29, 1.82) is 0 Å². The average molecular weight is 214 g/mol. The van der Waals surface area contributed by atoms with E-state index in [1.165, 1.54) is 12.4 Å². The molecule has 0 saturated heterocycles. The van der Waals surface area contributed by atoms with E-state index < -0.39 is 5.60 Å². The summed E-state index contributed by atoms with van der Waals surface area (Å²) in [4.78, 5) is 4.14. The molecule has 1 aromatic rings. The van der Waals surface area contributed by atoms with Crippen molar-refractivity contribution in [2.24, 2.45) is 10.7 Å². The summed E-state index contributed by atoms with van der Waals surface area (Å²) in [7, 11) is 5.48. The Hall–Kier alpha value is -1.55. The van der Waals surface area contributed by atoms with Crippen molar-refractivity contribution < 1.29 is 5.11 Å². The van der Waals surface area contributed by atoms with E-state index >= 15 is 0 Å². The number of hydrogen-bond acceptors (Lipinski definition) is 3. The van der Waals surface area contributed by atoms with Crippen molar-refractivity contribution in [2.45, 2.75) is 19.4 Å².